The molecule has 18 heavy (non-hydrogen) atoms. The normalized spacial score (nSPS) is 18.2. The lowest BCUT2D eigenvalue weighted by Crippen LogP contribution is -2.27. The molecule has 1 amide bonds. The van der Waals surface area contributed by atoms with Gasteiger partial charge in [0.05, 0.1) is 0 Å². The molecule has 0 spiro atoms. The molecule has 5 heteroatoms. The lowest BCUT2D eigenvalue weighted by molar-refractivity contribution is -0.116. The van der Waals surface area contributed by atoms with Crippen molar-refractivity contribution in [1.29, 1.82) is 0 Å². The SMILES string of the molecule is Cc1cc(I)ccc1NC(=O)CC1CCCN1.Cl. The van der Waals surface area contributed by atoms with Gasteiger partial charge in [0, 0.05) is 21.7 Å². The van der Waals surface area contributed by atoms with Crippen LogP contribution in [0.1, 0.15) is 24.8 Å². The molecule has 1 heterocycles. The van der Waals surface area contributed by atoms with Gasteiger partial charge >= 0.3 is 0 Å². The van der Waals surface area contributed by atoms with Gasteiger partial charge in [0.2, 0.25) is 5.91 Å². The highest BCUT2D eigenvalue weighted by Crippen LogP contribution is 2.18. The van der Waals surface area contributed by atoms with Gasteiger partial charge in [-0.3, -0.25) is 4.79 Å². The van der Waals surface area contributed by atoms with Crippen molar-refractivity contribution in [2.24, 2.45) is 0 Å². The molecular weight excluding hydrogens is 363 g/mol. The summed E-state index contributed by atoms with van der Waals surface area (Å²) < 4.78 is 1.19. The van der Waals surface area contributed by atoms with Crippen LogP contribution >= 0.6 is 35.0 Å². The zero-order chi connectivity index (χ0) is 12.3. The summed E-state index contributed by atoms with van der Waals surface area (Å²) in [5.41, 5.74) is 2.04. The largest absolute Gasteiger partial charge is 0.326 e. The van der Waals surface area contributed by atoms with Crippen molar-refractivity contribution in [3.63, 3.8) is 0 Å². The molecule has 100 valence electrons. The molecule has 1 saturated heterocycles. The first-order valence-corrected chi connectivity index (χ1v) is 7.02. The number of anilines is 1. The fourth-order valence-corrected chi connectivity index (χ4v) is 2.77. The van der Waals surface area contributed by atoms with E-state index < -0.39 is 0 Å². The lowest BCUT2D eigenvalue weighted by Gasteiger charge is -2.12. The van der Waals surface area contributed by atoms with E-state index in [4.69, 9.17) is 0 Å². The summed E-state index contributed by atoms with van der Waals surface area (Å²) in [5, 5.41) is 6.32. The Morgan fingerprint density at radius 1 is 1.56 bits per heavy atom. The summed E-state index contributed by atoms with van der Waals surface area (Å²) in [5.74, 6) is 0.105. The molecule has 1 aromatic carbocycles. The van der Waals surface area contributed by atoms with Crippen LogP contribution < -0.4 is 10.6 Å². The lowest BCUT2D eigenvalue weighted by atomic mass is 10.1. The van der Waals surface area contributed by atoms with Crippen molar-refractivity contribution >= 4 is 46.6 Å². The van der Waals surface area contributed by atoms with Crippen LogP contribution in [0.3, 0.4) is 0 Å². The Labute approximate surface area is 128 Å². The Morgan fingerprint density at radius 2 is 2.33 bits per heavy atom. The van der Waals surface area contributed by atoms with Gasteiger partial charge in [-0.2, -0.15) is 0 Å². The fraction of sp³-hybridized carbons (Fsp3) is 0.462. The molecule has 1 aromatic rings. The maximum absolute atomic E-state index is 11.9. The highest BCUT2D eigenvalue weighted by molar-refractivity contribution is 14.1. The van der Waals surface area contributed by atoms with Crippen molar-refractivity contribution in [1.82, 2.24) is 5.32 Å². The molecule has 1 unspecified atom stereocenters. The predicted octanol–water partition coefficient (Wildman–Crippen LogP) is 3.10. The van der Waals surface area contributed by atoms with Gasteiger partial charge in [0.1, 0.15) is 0 Å². The number of carbonyl (C=O) groups is 1. The Balaban J connectivity index is 0.00000162. The van der Waals surface area contributed by atoms with Crippen LogP contribution in [0.5, 0.6) is 0 Å². The fourth-order valence-electron chi connectivity index (χ4n) is 2.12. The van der Waals surface area contributed by atoms with Crippen LogP contribution in [-0.2, 0) is 4.79 Å². The summed E-state index contributed by atoms with van der Waals surface area (Å²) in [6.45, 7) is 3.06. The van der Waals surface area contributed by atoms with E-state index in [1.807, 2.05) is 19.1 Å². The van der Waals surface area contributed by atoms with Gasteiger partial charge in [-0.1, -0.05) is 0 Å². The van der Waals surface area contributed by atoms with Gasteiger partial charge in [-0.15, -0.1) is 12.4 Å². The first-order valence-electron chi connectivity index (χ1n) is 5.94. The zero-order valence-corrected chi connectivity index (χ0v) is 13.3. The number of hydrogen-bond donors (Lipinski definition) is 2. The Morgan fingerprint density at radius 3 is 2.94 bits per heavy atom. The van der Waals surface area contributed by atoms with Crippen molar-refractivity contribution in [2.75, 3.05) is 11.9 Å². The summed E-state index contributed by atoms with van der Waals surface area (Å²) in [6, 6.07) is 6.41. The van der Waals surface area contributed by atoms with E-state index in [1.165, 1.54) is 9.99 Å². The molecular formula is C13H18ClIN2O. The number of carbonyl (C=O) groups excluding carboxylic acids is 1. The molecule has 2 N–H and O–H groups in total. The maximum Gasteiger partial charge on any atom is 0.225 e. The average Bonchev–Trinajstić information content (AvgIpc) is 2.75. The van der Waals surface area contributed by atoms with E-state index in [9.17, 15) is 4.79 Å². The number of nitrogens with one attached hydrogen (secondary N) is 2. The highest BCUT2D eigenvalue weighted by Gasteiger charge is 2.17. The molecule has 0 radical (unpaired) electrons. The molecule has 1 atom stereocenters. The number of aryl methyl sites for hydroxylation is 1. The highest BCUT2D eigenvalue weighted by atomic mass is 127. The van der Waals surface area contributed by atoms with Crippen molar-refractivity contribution in [3.8, 4) is 0 Å². The Bertz CT molecular complexity index is 419. The van der Waals surface area contributed by atoms with E-state index >= 15 is 0 Å². The minimum Gasteiger partial charge on any atom is -0.326 e. The number of rotatable bonds is 3. The van der Waals surface area contributed by atoms with E-state index in [1.54, 1.807) is 0 Å². The Hall–Kier alpha value is -0.330. The molecule has 2 rings (SSSR count). The quantitative estimate of drug-likeness (QED) is 0.791. The van der Waals surface area contributed by atoms with Gasteiger partial charge < -0.3 is 10.6 Å². The molecule has 0 saturated carbocycles. The molecule has 3 nitrogen and oxygen atoms in total. The summed E-state index contributed by atoms with van der Waals surface area (Å²) in [6.07, 6.45) is 2.87. The Kier molecular flexibility index (Phi) is 6.38. The van der Waals surface area contributed by atoms with Crippen molar-refractivity contribution in [2.45, 2.75) is 32.2 Å². The van der Waals surface area contributed by atoms with Gasteiger partial charge in [-0.25, -0.2) is 0 Å². The topological polar surface area (TPSA) is 41.1 Å². The molecule has 0 aromatic heterocycles. The second-order valence-corrected chi connectivity index (χ2v) is 5.75. The van der Waals surface area contributed by atoms with Crippen LogP contribution in [0, 0.1) is 10.5 Å². The monoisotopic (exact) mass is 380 g/mol. The number of amides is 1. The van der Waals surface area contributed by atoms with E-state index in [0.717, 1.165) is 24.2 Å². The standard InChI is InChI=1S/C13H17IN2O.ClH/c1-9-7-10(14)4-5-12(9)16-13(17)8-11-3-2-6-15-11;/h4-5,7,11,15H,2-3,6,8H2,1H3,(H,16,17);1H. The minimum atomic E-state index is 0. The number of hydrogen-bond acceptors (Lipinski definition) is 2. The van der Waals surface area contributed by atoms with E-state index in [-0.39, 0.29) is 18.3 Å². The summed E-state index contributed by atoms with van der Waals surface area (Å²) in [7, 11) is 0. The molecule has 1 fully saturated rings. The molecule has 1 aliphatic rings. The number of benzene rings is 1. The first kappa shape index (κ1) is 15.7. The summed E-state index contributed by atoms with van der Waals surface area (Å²) >= 11 is 2.27. The third-order valence-electron chi connectivity index (χ3n) is 3.06. The van der Waals surface area contributed by atoms with Gasteiger partial charge in [0.15, 0.2) is 0 Å². The smallest absolute Gasteiger partial charge is 0.225 e. The van der Waals surface area contributed by atoms with Crippen LogP contribution in [0.2, 0.25) is 0 Å². The van der Waals surface area contributed by atoms with Gasteiger partial charge in [-0.05, 0) is 72.7 Å². The van der Waals surface area contributed by atoms with Crippen LogP contribution in [0.4, 0.5) is 5.69 Å². The summed E-state index contributed by atoms with van der Waals surface area (Å²) in [4.78, 5) is 11.9. The van der Waals surface area contributed by atoms with Crippen molar-refractivity contribution in [3.05, 3.63) is 27.3 Å². The second kappa shape index (κ2) is 7.31. The molecule has 0 bridgehead atoms. The van der Waals surface area contributed by atoms with E-state index in [0.29, 0.717) is 12.5 Å². The van der Waals surface area contributed by atoms with Crippen LogP contribution in [-0.4, -0.2) is 18.5 Å². The number of halogens is 2. The maximum atomic E-state index is 11.9. The third-order valence-corrected chi connectivity index (χ3v) is 3.73. The zero-order valence-electron chi connectivity index (χ0n) is 10.3. The van der Waals surface area contributed by atoms with Crippen LogP contribution in [0.25, 0.3) is 0 Å². The molecule has 0 aliphatic carbocycles. The first-order chi connectivity index (χ1) is 8.15. The van der Waals surface area contributed by atoms with Crippen LogP contribution in [0.15, 0.2) is 18.2 Å². The average molecular weight is 381 g/mol. The third kappa shape index (κ3) is 4.40. The second-order valence-electron chi connectivity index (χ2n) is 4.50. The van der Waals surface area contributed by atoms with Gasteiger partial charge in [0.25, 0.3) is 0 Å². The molecule has 1 aliphatic heterocycles. The predicted molar refractivity (Wildman–Crippen MR) is 85.4 cm³/mol. The minimum absolute atomic E-state index is 0. The van der Waals surface area contributed by atoms with E-state index in [2.05, 4.69) is 39.3 Å². The van der Waals surface area contributed by atoms with Crippen molar-refractivity contribution < 1.29 is 4.79 Å².